The van der Waals surface area contributed by atoms with Crippen LogP contribution in [0.4, 0.5) is 0 Å². The lowest BCUT2D eigenvalue weighted by molar-refractivity contribution is -0.149. The predicted octanol–water partition coefficient (Wildman–Crippen LogP) is 6.57. The highest BCUT2D eigenvalue weighted by Gasteiger charge is 2.14. The molecule has 0 spiro atoms. The third-order valence-corrected chi connectivity index (χ3v) is 7.34. The van der Waals surface area contributed by atoms with E-state index >= 15 is 0 Å². The Bertz CT molecular complexity index is 1510. The van der Waals surface area contributed by atoms with E-state index in [1.165, 1.54) is 6.21 Å². The van der Waals surface area contributed by atoms with E-state index in [0.717, 1.165) is 29.8 Å². The van der Waals surface area contributed by atoms with E-state index in [9.17, 15) is 9.59 Å². The maximum atomic E-state index is 12.5. The lowest BCUT2D eigenvalue weighted by Crippen LogP contribution is -2.19. The first-order valence-electron chi connectivity index (χ1n) is 12.7. The van der Waals surface area contributed by atoms with E-state index in [1.54, 1.807) is 26.0 Å². The van der Waals surface area contributed by atoms with Crippen molar-refractivity contribution in [2.45, 2.75) is 40.4 Å². The van der Waals surface area contributed by atoms with Crippen LogP contribution in [0.1, 0.15) is 47.1 Å². The van der Waals surface area contributed by atoms with Crippen LogP contribution in [0.2, 0.25) is 0 Å². The number of carbonyl (C=O) groups is 2. The van der Waals surface area contributed by atoms with E-state index < -0.39 is 11.9 Å². The molecule has 0 unspecified atom stereocenters. The Morgan fingerprint density at radius 1 is 0.976 bits per heavy atom. The third kappa shape index (κ3) is 8.35. The predicted molar refractivity (Wildman–Crippen MR) is 172 cm³/mol. The fourth-order valence-corrected chi connectivity index (χ4v) is 6.07. The summed E-state index contributed by atoms with van der Waals surface area (Å²) in [5.41, 5.74) is 6.61. The van der Waals surface area contributed by atoms with Gasteiger partial charge < -0.3 is 23.2 Å². The van der Waals surface area contributed by atoms with Crippen LogP contribution >= 0.6 is 45.2 Å². The monoisotopic (exact) mass is 781 g/mol. The number of hydrogen-bond acceptors (Lipinski definition) is 7. The van der Waals surface area contributed by atoms with Crippen LogP contribution in [0.3, 0.4) is 0 Å². The largest absolute Gasteiger partial charge is 0.486 e. The number of rotatable bonds is 11. The van der Waals surface area contributed by atoms with Crippen molar-refractivity contribution in [3.8, 4) is 17.2 Å². The molecule has 0 fully saturated rings. The maximum Gasteiger partial charge on any atom is 0.344 e. The van der Waals surface area contributed by atoms with Crippen molar-refractivity contribution >= 4 is 63.3 Å². The summed E-state index contributed by atoms with van der Waals surface area (Å²) in [6, 6.07) is 18.9. The zero-order chi connectivity index (χ0) is 29.5. The topological polar surface area (TPSA) is 104 Å². The smallest absolute Gasteiger partial charge is 0.344 e. The number of furan rings is 1. The second-order valence-corrected chi connectivity index (χ2v) is 11.7. The van der Waals surface area contributed by atoms with Crippen LogP contribution in [0.25, 0.3) is 5.69 Å². The second kappa shape index (κ2) is 14.0. The Morgan fingerprint density at radius 2 is 1.63 bits per heavy atom. The summed E-state index contributed by atoms with van der Waals surface area (Å²) >= 11 is 4.24. The van der Waals surface area contributed by atoms with Gasteiger partial charge in [-0.1, -0.05) is 0 Å². The highest BCUT2D eigenvalue weighted by molar-refractivity contribution is 14.1. The number of carbonyl (C=O) groups excluding carboxylic acids is 2. The number of amides is 1. The van der Waals surface area contributed by atoms with Gasteiger partial charge in [0.05, 0.1) is 19.5 Å². The van der Waals surface area contributed by atoms with Gasteiger partial charge in [0.15, 0.2) is 12.4 Å². The molecule has 0 saturated carbocycles. The minimum Gasteiger partial charge on any atom is -0.486 e. The van der Waals surface area contributed by atoms with Crippen molar-refractivity contribution in [1.82, 2.24) is 9.99 Å². The summed E-state index contributed by atoms with van der Waals surface area (Å²) in [5, 5.41) is 4.04. The molecule has 11 heteroatoms. The van der Waals surface area contributed by atoms with Crippen LogP contribution in [-0.2, 0) is 16.1 Å². The average molecular weight is 781 g/mol. The van der Waals surface area contributed by atoms with Gasteiger partial charge in [-0.15, -0.1) is 0 Å². The number of benzene rings is 2. The Morgan fingerprint density at radius 3 is 2.27 bits per heavy atom. The molecular formula is C30H29I2N3O6. The molecule has 4 rings (SSSR count). The van der Waals surface area contributed by atoms with Crippen LogP contribution < -0.4 is 14.9 Å². The fourth-order valence-electron chi connectivity index (χ4n) is 3.94. The number of aromatic nitrogens is 1. The molecule has 2 aromatic carbocycles. The van der Waals surface area contributed by atoms with Crippen LogP contribution in [0.5, 0.6) is 11.5 Å². The molecule has 2 heterocycles. The molecule has 0 aliphatic heterocycles. The quantitative estimate of drug-likeness (QED) is 0.0800. The van der Waals surface area contributed by atoms with Gasteiger partial charge in [0, 0.05) is 17.1 Å². The Kier molecular flexibility index (Phi) is 10.5. The van der Waals surface area contributed by atoms with E-state index in [-0.39, 0.29) is 25.1 Å². The van der Waals surface area contributed by atoms with Crippen molar-refractivity contribution in [3.05, 3.63) is 96.3 Å². The molecule has 0 atom stereocenters. The van der Waals surface area contributed by atoms with Gasteiger partial charge in [0.25, 0.3) is 0 Å². The Hall–Kier alpha value is -3.33. The molecule has 41 heavy (non-hydrogen) atoms. The number of esters is 1. The highest BCUT2D eigenvalue weighted by Crippen LogP contribution is 2.28. The zero-order valence-corrected chi connectivity index (χ0v) is 27.3. The maximum absolute atomic E-state index is 12.5. The molecule has 0 aliphatic rings. The lowest BCUT2D eigenvalue weighted by Gasteiger charge is -2.12. The first-order valence-corrected chi connectivity index (χ1v) is 14.9. The van der Waals surface area contributed by atoms with Gasteiger partial charge >= 0.3 is 11.9 Å². The zero-order valence-electron chi connectivity index (χ0n) is 22.9. The molecule has 1 amide bonds. The molecule has 1 N–H and O–H groups in total. The van der Waals surface area contributed by atoms with E-state index in [4.69, 9.17) is 18.6 Å². The molecule has 0 radical (unpaired) electrons. The van der Waals surface area contributed by atoms with Gasteiger partial charge in [0.1, 0.15) is 23.9 Å². The standard InChI is InChI=1S/C30H29I2N3O6/c1-18(2)40-28(36)17-39-29-25(31)13-21(14-26(29)32)15-33-34-30(37)27-12-11-24(41-27)16-38-23-9-7-22(8-10-23)35-19(3)5-6-20(35)4/h5-15,18H,16-17H2,1-4H3,(H,34,37)/b33-15+. The summed E-state index contributed by atoms with van der Waals surface area (Å²) in [4.78, 5) is 24.3. The minimum absolute atomic E-state index is 0.121. The van der Waals surface area contributed by atoms with Crippen LogP contribution in [0.15, 0.2) is 70.2 Å². The van der Waals surface area contributed by atoms with E-state index in [2.05, 4.69) is 86.3 Å². The molecule has 214 valence electrons. The number of hydrogen-bond donors (Lipinski definition) is 1. The van der Waals surface area contributed by atoms with Crippen LogP contribution in [-0.4, -0.2) is 35.4 Å². The number of hydrazone groups is 1. The summed E-state index contributed by atoms with van der Waals surface area (Å²) in [5.74, 6) is 0.996. The molecule has 0 bridgehead atoms. The number of ether oxygens (including phenoxy) is 3. The molecule has 0 aliphatic carbocycles. The van der Waals surface area contributed by atoms with Gasteiger partial charge in [-0.2, -0.15) is 5.10 Å². The second-order valence-electron chi connectivity index (χ2n) is 9.34. The normalized spacial score (nSPS) is 11.2. The number of nitrogens with zero attached hydrogens (tertiary/aromatic N) is 2. The van der Waals surface area contributed by atoms with Crippen molar-refractivity contribution < 1.29 is 28.2 Å². The van der Waals surface area contributed by atoms with Crippen molar-refractivity contribution in [2.75, 3.05) is 6.61 Å². The number of halogens is 2. The van der Waals surface area contributed by atoms with Gasteiger partial charge in [0.2, 0.25) is 0 Å². The summed E-state index contributed by atoms with van der Waals surface area (Å²) in [7, 11) is 0. The SMILES string of the molecule is Cc1ccc(C)n1-c1ccc(OCc2ccc(C(=O)N/N=C/c3cc(I)c(OCC(=O)OC(C)C)c(I)c3)o2)cc1. The lowest BCUT2D eigenvalue weighted by atomic mass is 10.2. The molecule has 4 aromatic rings. The van der Waals surface area contributed by atoms with Gasteiger partial charge in [-0.25, -0.2) is 10.2 Å². The van der Waals surface area contributed by atoms with Gasteiger partial charge in [-0.3, -0.25) is 4.79 Å². The summed E-state index contributed by atoms with van der Waals surface area (Å²) in [6.07, 6.45) is 1.32. The number of nitrogens with one attached hydrogen (secondary N) is 1. The summed E-state index contributed by atoms with van der Waals surface area (Å²) in [6.45, 7) is 7.71. The molecule has 9 nitrogen and oxygen atoms in total. The van der Waals surface area contributed by atoms with Crippen molar-refractivity contribution in [3.63, 3.8) is 0 Å². The van der Waals surface area contributed by atoms with Crippen LogP contribution in [0, 0.1) is 21.0 Å². The van der Waals surface area contributed by atoms with Crippen molar-refractivity contribution in [1.29, 1.82) is 0 Å². The molecular weight excluding hydrogens is 752 g/mol. The Balaban J connectivity index is 1.28. The van der Waals surface area contributed by atoms with Crippen molar-refractivity contribution in [2.24, 2.45) is 5.10 Å². The highest BCUT2D eigenvalue weighted by atomic mass is 127. The van der Waals surface area contributed by atoms with E-state index in [0.29, 0.717) is 17.3 Å². The summed E-state index contributed by atoms with van der Waals surface area (Å²) < 4.78 is 26.0. The molecule has 2 aromatic heterocycles. The average Bonchev–Trinajstić information content (AvgIpc) is 3.53. The van der Waals surface area contributed by atoms with Gasteiger partial charge in [-0.05, 0) is 139 Å². The van der Waals surface area contributed by atoms with E-state index in [1.807, 2.05) is 36.4 Å². The fraction of sp³-hybridized carbons (Fsp3) is 0.233. The first kappa shape index (κ1) is 30.6. The minimum atomic E-state index is -0.484. The Labute approximate surface area is 265 Å². The number of aryl methyl sites for hydroxylation is 2. The third-order valence-electron chi connectivity index (χ3n) is 5.73. The first-order chi connectivity index (χ1) is 19.6. The molecule has 0 saturated heterocycles.